The molecule has 2 aliphatic heterocycles. The van der Waals surface area contributed by atoms with Crippen molar-refractivity contribution in [2.75, 3.05) is 24.5 Å². The van der Waals surface area contributed by atoms with E-state index in [4.69, 9.17) is 0 Å². The molecule has 5 nitrogen and oxygen atoms in total. The lowest BCUT2D eigenvalue weighted by atomic mass is 9.92. The molecule has 0 aromatic carbocycles. The number of hydrogen-bond donors (Lipinski definition) is 0. The Balaban J connectivity index is 1.35. The number of carbonyl (C=O) groups is 1. The number of amides is 1. The molecular weight excluding hydrogens is 300 g/mol. The zero-order valence-corrected chi connectivity index (χ0v) is 14.4. The second-order valence-electron chi connectivity index (χ2n) is 7.60. The van der Waals surface area contributed by atoms with Gasteiger partial charge in [-0.15, -0.1) is 0 Å². The van der Waals surface area contributed by atoms with E-state index < -0.39 is 0 Å². The molecule has 130 valence electrons. The van der Waals surface area contributed by atoms with Crippen LogP contribution in [0.1, 0.15) is 51.4 Å². The van der Waals surface area contributed by atoms with Gasteiger partial charge in [0.2, 0.25) is 11.9 Å². The first-order valence-corrected chi connectivity index (χ1v) is 9.65. The van der Waals surface area contributed by atoms with Crippen LogP contribution >= 0.6 is 0 Å². The van der Waals surface area contributed by atoms with Crippen molar-refractivity contribution in [1.82, 2.24) is 14.9 Å². The van der Waals surface area contributed by atoms with Crippen LogP contribution in [0.5, 0.6) is 0 Å². The van der Waals surface area contributed by atoms with Crippen LogP contribution in [0.3, 0.4) is 0 Å². The molecule has 1 atom stereocenters. The summed E-state index contributed by atoms with van der Waals surface area (Å²) in [6.45, 7) is 2.77. The van der Waals surface area contributed by atoms with E-state index in [1.165, 1.54) is 38.5 Å². The van der Waals surface area contributed by atoms with E-state index >= 15 is 0 Å². The summed E-state index contributed by atoms with van der Waals surface area (Å²) < 4.78 is 0. The first kappa shape index (κ1) is 15.9. The van der Waals surface area contributed by atoms with Crippen LogP contribution in [0.2, 0.25) is 0 Å². The molecule has 24 heavy (non-hydrogen) atoms. The Morgan fingerprint density at radius 2 is 1.62 bits per heavy atom. The highest BCUT2D eigenvalue weighted by Gasteiger charge is 2.39. The normalized spacial score (nSPS) is 26.2. The summed E-state index contributed by atoms with van der Waals surface area (Å²) in [6, 6.07) is 2.38. The minimum absolute atomic E-state index is 0.201. The number of piperidine rings is 1. The minimum atomic E-state index is 0.201. The second kappa shape index (κ2) is 7.08. The number of aromatic nitrogens is 2. The Kier molecular flexibility index (Phi) is 4.67. The Morgan fingerprint density at radius 3 is 2.33 bits per heavy atom. The maximum Gasteiger partial charge on any atom is 0.226 e. The summed E-state index contributed by atoms with van der Waals surface area (Å²) in [5.41, 5.74) is 0. The van der Waals surface area contributed by atoms with Gasteiger partial charge in [0.05, 0.1) is 0 Å². The number of carbonyl (C=O) groups excluding carboxylic acids is 1. The summed E-state index contributed by atoms with van der Waals surface area (Å²) in [4.78, 5) is 26.2. The van der Waals surface area contributed by atoms with Crippen molar-refractivity contribution in [3.05, 3.63) is 18.5 Å². The second-order valence-corrected chi connectivity index (χ2v) is 7.60. The van der Waals surface area contributed by atoms with E-state index in [0.29, 0.717) is 11.9 Å². The first-order chi connectivity index (χ1) is 11.8. The van der Waals surface area contributed by atoms with E-state index in [2.05, 4.69) is 19.8 Å². The van der Waals surface area contributed by atoms with Gasteiger partial charge in [0.25, 0.3) is 0 Å². The van der Waals surface area contributed by atoms with E-state index in [0.717, 1.165) is 44.3 Å². The summed E-state index contributed by atoms with van der Waals surface area (Å²) in [5, 5.41) is 0. The summed E-state index contributed by atoms with van der Waals surface area (Å²) in [5.74, 6) is 2.20. The maximum absolute atomic E-state index is 13.1. The largest absolute Gasteiger partial charge is 0.341 e. The van der Waals surface area contributed by atoms with Gasteiger partial charge < -0.3 is 9.80 Å². The van der Waals surface area contributed by atoms with Crippen LogP contribution in [-0.4, -0.2) is 46.5 Å². The molecule has 0 N–H and O–H groups in total. The molecule has 0 spiro atoms. The van der Waals surface area contributed by atoms with Crippen LogP contribution < -0.4 is 4.90 Å². The maximum atomic E-state index is 13.1. The van der Waals surface area contributed by atoms with E-state index in [1.807, 2.05) is 6.07 Å². The van der Waals surface area contributed by atoms with Crippen molar-refractivity contribution < 1.29 is 4.79 Å². The lowest BCUT2D eigenvalue weighted by Crippen LogP contribution is -2.46. The van der Waals surface area contributed by atoms with Crippen LogP contribution in [0.4, 0.5) is 5.95 Å². The molecule has 1 amide bonds. The summed E-state index contributed by atoms with van der Waals surface area (Å²) in [7, 11) is 0. The molecule has 1 unspecified atom stereocenters. The monoisotopic (exact) mass is 328 g/mol. The number of nitrogens with zero attached hydrogens (tertiary/aromatic N) is 4. The number of likely N-dealkylation sites (tertiary alicyclic amines) is 1. The first-order valence-electron chi connectivity index (χ1n) is 9.65. The van der Waals surface area contributed by atoms with Gasteiger partial charge in [0.1, 0.15) is 0 Å². The molecule has 0 radical (unpaired) electrons. The fraction of sp³-hybridized carbons (Fsp3) is 0.737. The van der Waals surface area contributed by atoms with Crippen LogP contribution in [0, 0.1) is 11.8 Å². The fourth-order valence-corrected chi connectivity index (χ4v) is 4.91. The quantitative estimate of drug-likeness (QED) is 0.856. The van der Waals surface area contributed by atoms with Gasteiger partial charge in [0, 0.05) is 44.0 Å². The Bertz CT molecular complexity index is 550. The zero-order chi connectivity index (χ0) is 16.4. The van der Waals surface area contributed by atoms with Crippen molar-refractivity contribution >= 4 is 11.9 Å². The van der Waals surface area contributed by atoms with E-state index in [-0.39, 0.29) is 5.92 Å². The molecule has 1 aliphatic carbocycles. The molecular formula is C19H28N4O. The number of anilines is 1. The van der Waals surface area contributed by atoms with Crippen molar-refractivity contribution in [3.8, 4) is 0 Å². The summed E-state index contributed by atoms with van der Waals surface area (Å²) >= 11 is 0. The average molecular weight is 328 g/mol. The zero-order valence-electron chi connectivity index (χ0n) is 14.4. The fourth-order valence-electron chi connectivity index (χ4n) is 4.91. The number of rotatable bonds is 3. The molecule has 3 aliphatic rings. The van der Waals surface area contributed by atoms with Gasteiger partial charge in [-0.2, -0.15) is 0 Å². The minimum Gasteiger partial charge on any atom is -0.341 e. The molecule has 1 aromatic rings. The van der Waals surface area contributed by atoms with Gasteiger partial charge in [-0.1, -0.05) is 12.8 Å². The van der Waals surface area contributed by atoms with Gasteiger partial charge in [-0.05, 0) is 50.5 Å². The standard InChI is InChI=1S/C19H28N4O/c24-18(23-12-3-7-17(23)15-5-1-2-6-15)16-8-13-22(14-9-16)19-20-10-4-11-21-19/h4,10-11,15-17H,1-3,5-9,12-14H2. The van der Waals surface area contributed by atoms with Crippen molar-refractivity contribution in [1.29, 1.82) is 0 Å². The predicted molar refractivity (Wildman–Crippen MR) is 93.7 cm³/mol. The molecule has 0 bridgehead atoms. The summed E-state index contributed by atoms with van der Waals surface area (Å²) in [6.07, 6.45) is 13.3. The van der Waals surface area contributed by atoms with Crippen molar-refractivity contribution in [3.63, 3.8) is 0 Å². The third kappa shape index (κ3) is 3.13. The highest BCUT2D eigenvalue weighted by molar-refractivity contribution is 5.79. The van der Waals surface area contributed by atoms with Gasteiger partial charge >= 0.3 is 0 Å². The van der Waals surface area contributed by atoms with E-state index in [9.17, 15) is 4.79 Å². The van der Waals surface area contributed by atoms with E-state index in [1.54, 1.807) is 12.4 Å². The average Bonchev–Trinajstić information content (AvgIpc) is 3.33. The third-order valence-corrected chi connectivity index (χ3v) is 6.21. The Labute approximate surface area is 144 Å². The third-order valence-electron chi connectivity index (χ3n) is 6.21. The smallest absolute Gasteiger partial charge is 0.226 e. The van der Waals surface area contributed by atoms with Crippen LogP contribution in [-0.2, 0) is 4.79 Å². The highest BCUT2D eigenvalue weighted by Crippen LogP contribution is 2.36. The molecule has 1 aromatic heterocycles. The molecule has 4 rings (SSSR count). The lowest BCUT2D eigenvalue weighted by molar-refractivity contribution is -0.138. The van der Waals surface area contributed by atoms with Gasteiger partial charge in [-0.3, -0.25) is 4.79 Å². The van der Waals surface area contributed by atoms with Gasteiger partial charge in [0.15, 0.2) is 0 Å². The topological polar surface area (TPSA) is 49.3 Å². The Morgan fingerprint density at radius 1 is 0.917 bits per heavy atom. The lowest BCUT2D eigenvalue weighted by Gasteiger charge is -2.36. The number of hydrogen-bond acceptors (Lipinski definition) is 4. The Hall–Kier alpha value is -1.65. The SMILES string of the molecule is O=C(C1CCN(c2ncccn2)CC1)N1CCCC1C1CCCC1. The predicted octanol–water partition coefficient (Wildman–Crippen LogP) is 2.87. The molecule has 2 saturated heterocycles. The van der Waals surface area contributed by atoms with Crippen LogP contribution in [0.25, 0.3) is 0 Å². The van der Waals surface area contributed by atoms with Crippen LogP contribution in [0.15, 0.2) is 18.5 Å². The molecule has 3 fully saturated rings. The molecule has 5 heteroatoms. The molecule has 1 saturated carbocycles. The van der Waals surface area contributed by atoms with Crippen molar-refractivity contribution in [2.45, 2.75) is 57.4 Å². The molecule has 3 heterocycles. The van der Waals surface area contributed by atoms with Crippen molar-refractivity contribution in [2.24, 2.45) is 11.8 Å². The van der Waals surface area contributed by atoms with Gasteiger partial charge in [-0.25, -0.2) is 9.97 Å². The highest BCUT2D eigenvalue weighted by atomic mass is 16.2.